The summed E-state index contributed by atoms with van der Waals surface area (Å²) in [6.07, 6.45) is -4.44. The van der Waals surface area contributed by atoms with Crippen molar-refractivity contribution in [3.63, 3.8) is 0 Å². The Labute approximate surface area is 195 Å². The van der Waals surface area contributed by atoms with Gasteiger partial charge in [0, 0.05) is 5.69 Å². The summed E-state index contributed by atoms with van der Waals surface area (Å²) in [4.78, 5) is 13.9. The molecule has 168 valence electrons. The summed E-state index contributed by atoms with van der Waals surface area (Å²) < 4.78 is 39.6. The average Bonchev–Trinajstić information content (AvgIpc) is 3.15. The summed E-state index contributed by atoms with van der Waals surface area (Å²) in [5, 5.41) is 3.32. The van der Waals surface area contributed by atoms with E-state index in [9.17, 15) is 18.0 Å². The summed E-state index contributed by atoms with van der Waals surface area (Å²) in [6.45, 7) is 0. The maximum Gasteiger partial charge on any atom is 0.416 e. The number of Topliss-reactive ketones (excluding diaryl/α,β-unsaturated/α-hetero) is 1. The van der Waals surface area contributed by atoms with E-state index in [1.165, 1.54) is 12.1 Å². The Morgan fingerprint density at radius 3 is 1.94 bits per heavy atom. The standard InChI is InChI=1S/C29H20F3NO/c30-29(31,32)21-17-15-20(16-18-21)27(33-22-11-5-2-6-12-22)26-24-14-8-7-13-23(24)25(28(26)34)19-9-3-1-4-10-19/h1-18,25,33H/b27-26-. The van der Waals surface area contributed by atoms with Gasteiger partial charge in [-0.25, -0.2) is 0 Å². The Balaban J connectivity index is 1.72. The number of rotatable bonds is 4. The molecule has 0 saturated heterocycles. The van der Waals surface area contributed by atoms with Crippen LogP contribution in [-0.2, 0) is 11.0 Å². The van der Waals surface area contributed by atoms with Crippen LogP contribution in [-0.4, -0.2) is 5.78 Å². The highest BCUT2D eigenvalue weighted by Gasteiger charge is 2.38. The SMILES string of the molecule is O=C1/C(=C(\Nc2ccccc2)c2ccc(C(F)(F)F)cc2)c2ccccc2C1c1ccccc1. The number of carbonyl (C=O) groups is 1. The number of carbonyl (C=O) groups excluding carboxylic acids is 1. The van der Waals surface area contributed by atoms with Gasteiger partial charge in [0.15, 0.2) is 5.78 Å². The van der Waals surface area contributed by atoms with E-state index in [2.05, 4.69) is 5.32 Å². The third-order valence-electron chi connectivity index (χ3n) is 5.98. The number of hydrogen-bond donors (Lipinski definition) is 1. The number of para-hydroxylation sites is 1. The fraction of sp³-hybridized carbons (Fsp3) is 0.0690. The average molecular weight is 455 g/mol. The van der Waals surface area contributed by atoms with Crippen LogP contribution in [0.25, 0.3) is 11.3 Å². The van der Waals surface area contributed by atoms with Gasteiger partial charge < -0.3 is 5.32 Å². The molecule has 0 bridgehead atoms. The number of benzene rings is 4. The Bertz CT molecular complexity index is 1360. The zero-order valence-corrected chi connectivity index (χ0v) is 18.0. The second-order valence-electron chi connectivity index (χ2n) is 8.11. The van der Waals surface area contributed by atoms with Crippen molar-refractivity contribution >= 4 is 22.7 Å². The fourth-order valence-electron chi connectivity index (χ4n) is 4.40. The molecule has 4 aromatic rings. The molecule has 1 N–H and O–H groups in total. The Kier molecular flexibility index (Phi) is 5.54. The highest BCUT2D eigenvalue weighted by atomic mass is 19.4. The van der Waals surface area contributed by atoms with E-state index >= 15 is 0 Å². The lowest BCUT2D eigenvalue weighted by atomic mass is 9.92. The number of nitrogens with one attached hydrogen (secondary N) is 1. The first-order chi connectivity index (χ1) is 16.4. The van der Waals surface area contributed by atoms with Crippen LogP contribution in [0.3, 0.4) is 0 Å². The third kappa shape index (κ3) is 4.01. The van der Waals surface area contributed by atoms with Crippen molar-refractivity contribution in [1.29, 1.82) is 0 Å². The monoisotopic (exact) mass is 455 g/mol. The van der Waals surface area contributed by atoms with Gasteiger partial charge in [-0.3, -0.25) is 4.79 Å². The van der Waals surface area contributed by atoms with Crippen molar-refractivity contribution < 1.29 is 18.0 Å². The molecule has 1 aliphatic rings. The quantitative estimate of drug-likeness (QED) is 0.325. The molecule has 1 aliphatic carbocycles. The molecule has 2 nitrogen and oxygen atoms in total. The lowest BCUT2D eigenvalue weighted by molar-refractivity contribution is -0.137. The molecule has 0 aromatic heterocycles. The fourth-order valence-corrected chi connectivity index (χ4v) is 4.40. The molecule has 0 saturated carbocycles. The zero-order valence-electron chi connectivity index (χ0n) is 18.0. The highest BCUT2D eigenvalue weighted by molar-refractivity contribution is 6.35. The van der Waals surface area contributed by atoms with Crippen molar-refractivity contribution in [3.8, 4) is 0 Å². The summed E-state index contributed by atoms with van der Waals surface area (Å²) in [5.74, 6) is -0.569. The summed E-state index contributed by atoms with van der Waals surface area (Å²) in [6, 6.07) is 31.3. The van der Waals surface area contributed by atoms with E-state index in [0.29, 0.717) is 16.8 Å². The predicted octanol–water partition coefficient (Wildman–Crippen LogP) is 7.40. The van der Waals surface area contributed by atoms with E-state index in [1.54, 1.807) is 0 Å². The maximum atomic E-state index is 13.9. The summed E-state index contributed by atoms with van der Waals surface area (Å²) in [5.41, 5.74) is 3.99. The van der Waals surface area contributed by atoms with Crippen LogP contribution in [0.4, 0.5) is 18.9 Å². The topological polar surface area (TPSA) is 29.1 Å². The molecule has 1 atom stereocenters. The van der Waals surface area contributed by atoms with Crippen LogP contribution < -0.4 is 5.32 Å². The lowest BCUT2D eigenvalue weighted by Gasteiger charge is -2.16. The zero-order chi connectivity index (χ0) is 23.7. The number of hydrogen-bond acceptors (Lipinski definition) is 2. The molecule has 5 heteroatoms. The van der Waals surface area contributed by atoms with Gasteiger partial charge in [0.25, 0.3) is 0 Å². The second kappa shape index (κ2) is 8.67. The molecule has 5 rings (SSSR count). The minimum absolute atomic E-state index is 0.0919. The first-order valence-corrected chi connectivity index (χ1v) is 10.9. The van der Waals surface area contributed by atoms with Crippen LogP contribution >= 0.6 is 0 Å². The number of fused-ring (bicyclic) bond motifs is 1. The van der Waals surface area contributed by atoms with Gasteiger partial charge in [-0.15, -0.1) is 0 Å². The first-order valence-electron chi connectivity index (χ1n) is 10.9. The number of alkyl halides is 3. The number of ketones is 1. The lowest BCUT2D eigenvalue weighted by Crippen LogP contribution is -2.11. The predicted molar refractivity (Wildman–Crippen MR) is 128 cm³/mol. The Hall–Kier alpha value is -4.12. The molecule has 0 spiro atoms. The second-order valence-corrected chi connectivity index (χ2v) is 8.11. The van der Waals surface area contributed by atoms with E-state index in [1.807, 2.05) is 84.9 Å². The van der Waals surface area contributed by atoms with Crippen LogP contribution in [0.5, 0.6) is 0 Å². The van der Waals surface area contributed by atoms with E-state index in [-0.39, 0.29) is 5.78 Å². The molecule has 0 fully saturated rings. The maximum absolute atomic E-state index is 13.9. The minimum atomic E-state index is -4.44. The molecule has 1 unspecified atom stereocenters. The summed E-state index contributed by atoms with van der Waals surface area (Å²) >= 11 is 0. The van der Waals surface area contributed by atoms with Crippen LogP contribution in [0.1, 0.15) is 33.7 Å². The van der Waals surface area contributed by atoms with Gasteiger partial charge >= 0.3 is 6.18 Å². The molecular weight excluding hydrogens is 435 g/mol. The number of halogens is 3. The highest BCUT2D eigenvalue weighted by Crippen LogP contribution is 2.45. The van der Waals surface area contributed by atoms with Crippen molar-refractivity contribution in [1.82, 2.24) is 0 Å². The van der Waals surface area contributed by atoms with Crippen molar-refractivity contribution in [2.75, 3.05) is 5.32 Å². The van der Waals surface area contributed by atoms with E-state index in [0.717, 1.165) is 34.5 Å². The van der Waals surface area contributed by atoms with E-state index in [4.69, 9.17) is 0 Å². The van der Waals surface area contributed by atoms with Crippen LogP contribution in [0, 0.1) is 0 Å². The Morgan fingerprint density at radius 1 is 0.706 bits per heavy atom. The smallest absolute Gasteiger partial charge is 0.354 e. The van der Waals surface area contributed by atoms with Gasteiger partial charge in [0.1, 0.15) is 0 Å². The molecular formula is C29H20F3NO. The van der Waals surface area contributed by atoms with Gasteiger partial charge in [0.05, 0.1) is 22.8 Å². The number of anilines is 1. The minimum Gasteiger partial charge on any atom is -0.354 e. The van der Waals surface area contributed by atoms with Crippen LogP contribution in [0.15, 0.2) is 109 Å². The molecule has 34 heavy (non-hydrogen) atoms. The van der Waals surface area contributed by atoms with Gasteiger partial charge in [0.2, 0.25) is 0 Å². The van der Waals surface area contributed by atoms with Crippen molar-refractivity contribution in [3.05, 3.63) is 137 Å². The van der Waals surface area contributed by atoms with Gasteiger partial charge in [-0.2, -0.15) is 13.2 Å². The van der Waals surface area contributed by atoms with Gasteiger partial charge in [-0.05, 0) is 46.5 Å². The van der Waals surface area contributed by atoms with Gasteiger partial charge in [-0.1, -0.05) is 84.9 Å². The molecule has 0 aliphatic heterocycles. The normalized spacial score (nSPS) is 16.8. The number of allylic oxidation sites excluding steroid dienone is 1. The third-order valence-corrected chi connectivity index (χ3v) is 5.98. The Morgan fingerprint density at radius 2 is 1.29 bits per heavy atom. The molecule has 0 radical (unpaired) electrons. The molecule has 0 amide bonds. The van der Waals surface area contributed by atoms with Crippen LogP contribution in [0.2, 0.25) is 0 Å². The van der Waals surface area contributed by atoms with Crippen molar-refractivity contribution in [2.24, 2.45) is 0 Å². The first kappa shape index (κ1) is 21.7. The van der Waals surface area contributed by atoms with Crippen molar-refractivity contribution in [2.45, 2.75) is 12.1 Å². The van der Waals surface area contributed by atoms with E-state index < -0.39 is 17.7 Å². The largest absolute Gasteiger partial charge is 0.416 e. The molecule has 0 heterocycles. The molecule has 4 aromatic carbocycles. The summed E-state index contributed by atoms with van der Waals surface area (Å²) in [7, 11) is 0.